The first-order chi connectivity index (χ1) is 14.1. The molecule has 0 atom stereocenters. The number of anilines is 1. The molecule has 0 bridgehead atoms. The average Bonchev–Trinajstić information content (AvgIpc) is 2.74. The maximum atomic E-state index is 11.9. The van der Waals surface area contributed by atoms with Gasteiger partial charge in [-0.05, 0) is 89.2 Å². The maximum Gasteiger partial charge on any atom is 0.259 e. The van der Waals surface area contributed by atoms with Crippen molar-refractivity contribution < 1.29 is 9.53 Å². The Hall–Kier alpha value is -2.87. The first-order valence-electron chi connectivity index (χ1n) is 9.18. The molecule has 3 aromatic rings. The summed E-state index contributed by atoms with van der Waals surface area (Å²) in [5.41, 5.74) is 6.64. The minimum Gasteiger partial charge on any atom is -0.489 e. The van der Waals surface area contributed by atoms with Crippen LogP contribution < -0.4 is 15.5 Å². The van der Waals surface area contributed by atoms with E-state index in [0.29, 0.717) is 6.61 Å². The second kappa shape index (κ2) is 10.6. The van der Waals surface area contributed by atoms with Crippen molar-refractivity contribution >= 4 is 40.4 Å². The van der Waals surface area contributed by atoms with Crippen molar-refractivity contribution in [3.8, 4) is 5.75 Å². The Kier molecular flexibility index (Phi) is 7.63. The normalized spacial score (nSPS) is 10.7. The van der Waals surface area contributed by atoms with Gasteiger partial charge in [0.05, 0.1) is 12.8 Å². The Bertz CT molecular complexity index is 953. The van der Waals surface area contributed by atoms with Gasteiger partial charge in [0.1, 0.15) is 12.4 Å². The molecule has 6 heteroatoms. The van der Waals surface area contributed by atoms with Crippen LogP contribution in [0.1, 0.15) is 16.7 Å². The van der Waals surface area contributed by atoms with Crippen LogP contribution in [-0.2, 0) is 11.4 Å². The van der Waals surface area contributed by atoms with Crippen LogP contribution in [0.4, 0.5) is 5.69 Å². The van der Waals surface area contributed by atoms with E-state index in [1.807, 2.05) is 48.5 Å². The summed E-state index contributed by atoms with van der Waals surface area (Å²) in [5, 5.41) is 7.05. The molecule has 0 aliphatic heterocycles. The van der Waals surface area contributed by atoms with Crippen molar-refractivity contribution in [3.05, 3.63) is 93.1 Å². The van der Waals surface area contributed by atoms with Crippen molar-refractivity contribution in [2.24, 2.45) is 5.10 Å². The molecular formula is C23H22IN3O2. The SMILES string of the molecule is Cc1ccc(COc2ccc(/C=N/NC(=O)CNc3ccc(I)cc3)cc2)cc1. The Balaban J connectivity index is 1.41. The summed E-state index contributed by atoms with van der Waals surface area (Å²) in [6.07, 6.45) is 1.60. The number of halogens is 1. The van der Waals surface area contributed by atoms with E-state index in [1.54, 1.807) is 6.21 Å². The van der Waals surface area contributed by atoms with Crippen molar-refractivity contribution in [1.29, 1.82) is 0 Å². The Morgan fingerprint density at radius 3 is 2.38 bits per heavy atom. The van der Waals surface area contributed by atoms with Crippen LogP contribution in [0.25, 0.3) is 0 Å². The van der Waals surface area contributed by atoms with E-state index in [1.165, 1.54) is 5.56 Å². The number of amides is 1. The molecule has 0 aliphatic carbocycles. The van der Waals surface area contributed by atoms with Gasteiger partial charge >= 0.3 is 0 Å². The topological polar surface area (TPSA) is 62.7 Å². The molecule has 29 heavy (non-hydrogen) atoms. The zero-order valence-corrected chi connectivity index (χ0v) is 18.2. The standard InChI is InChI=1S/C23H22IN3O2/c1-17-2-4-19(5-3-17)16-29-22-12-6-18(7-13-22)14-26-27-23(28)15-25-21-10-8-20(24)9-11-21/h2-14,25H,15-16H2,1H3,(H,27,28)/b26-14+. The highest BCUT2D eigenvalue weighted by Gasteiger charge is 2.00. The predicted octanol–water partition coefficient (Wildman–Crippen LogP) is 4.74. The minimum atomic E-state index is -0.210. The average molecular weight is 499 g/mol. The van der Waals surface area contributed by atoms with Gasteiger partial charge in [-0.25, -0.2) is 5.43 Å². The lowest BCUT2D eigenvalue weighted by Gasteiger charge is -2.07. The van der Waals surface area contributed by atoms with Crippen molar-refractivity contribution in [2.45, 2.75) is 13.5 Å². The first kappa shape index (κ1) is 20.9. The Labute approximate surface area is 184 Å². The summed E-state index contributed by atoms with van der Waals surface area (Å²) >= 11 is 2.24. The monoisotopic (exact) mass is 499 g/mol. The second-order valence-corrected chi connectivity index (χ2v) is 7.74. The number of carbonyl (C=O) groups is 1. The number of nitrogens with zero attached hydrogens (tertiary/aromatic N) is 1. The highest BCUT2D eigenvalue weighted by atomic mass is 127. The highest BCUT2D eigenvalue weighted by Crippen LogP contribution is 2.14. The molecule has 0 spiro atoms. The molecule has 0 radical (unpaired) electrons. The summed E-state index contributed by atoms with van der Waals surface area (Å²) in [6, 6.07) is 23.6. The molecule has 0 unspecified atom stereocenters. The van der Waals surface area contributed by atoms with Gasteiger partial charge in [0, 0.05) is 9.26 Å². The van der Waals surface area contributed by atoms with Crippen LogP contribution in [0.15, 0.2) is 77.9 Å². The van der Waals surface area contributed by atoms with Crippen LogP contribution in [0.3, 0.4) is 0 Å². The lowest BCUT2D eigenvalue weighted by Crippen LogP contribution is -2.25. The molecule has 1 amide bonds. The van der Waals surface area contributed by atoms with Crippen LogP contribution in [0.5, 0.6) is 5.75 Å². The van der Waals surface area contributed by atoms with Gasteiger partial charge < -0.3 is 10.1 Å². The number of carbonyl (C=O) groups excluding carboxylic acids is 1. The third-order valence-electron chi connectivity index (χ3n) is 4.11. The second-order valence-electron chi connectivity index (χ2n) is 6.50. The molecule has 0 saturated carbocycles. The largest absolute Gasteiger partial charge is 0.489 e. The third kappa shape index (κ3) is 7.23. The zero-order chi connectivity index (χ0) is 20.5. The fourth-order valence-corrected chi connectivity index (χ4v) is 2.83. The lowest BCUT2D eigenvalue weighted by atomic mass is 10.2. The predicted molar refractivity (Wildman–Crippen MR) is 125 cm³/mol. The molecule has 0 saturated heterocycles. The van der Waals surface area contributed by atoms with E-state index in [9.17, 15) is 4.79 Å². The van der Waals surface area contributed by atoms with E-state index in [-0.39, 0.29) is 12.5 Å². The number of hydrazone groups is 1. The van der Waals surface area contributed by atoms with Gasteiger partial charge in [-0.1, -0.05) is 29.8 Å². The number of nitrogens with one attached hydrogen (secondary N) is 2. The summed E-state index contributed by atoms with van der Waals surface area (Å²) in [6.45, 7) is 2.74. The van der Waals surface area contributed by atoms with Crippen molar-refractivity contribution in [1.82, 2.24) is 5.43 Å². The molecule has 0 aromatic heterocycles. The van der Waals surface area contributed by atoms with E-state index >= 15 is 0 Å². The molecule has 5 nitrogen and oxygen atoms in total. The highest BCUT2D eigenvalue weighted by molar-refractivity contribution is 14.1. The van der Waals surface area contributed by atoms with Gasteiger partial charge in [-0.15, -0.1) is 0 Å². The molecule has 3 aromatic carbocycles. The Morgan fingerprint density at radius 2 is 1.69 bits per heavy atom. The van der Waals surface area contributed by atoms with Crippen LogP contribution in [0.2, 0.25) is 0 Å². The lowest BCUT2D eigenvalue weighted by molar-refractivity contribution is -0.119. The fraction of sp³-hybridized carbons (Fsp3) is 0.130. The molecule has 3 rings (SSSR count). The van der Waals surface area contributed by atoms with E-state index < -0.39 is 0 Å². The summed E-state index contributed by atoms with van der Waals surface area (Å²) in [4.78, 5) is 11.9. The number of aryl methyl sites for hydroxylation is 1. The summed E-state index contributed by atoms with van der Waals surface area (Å²) < 4.78 is 6.93. The number of benzene rings is 3. The zero-order valence-electron chi connectivity index (χ0n) is 16.1. The maximum absolute atomic E-state index is 11.9. The molecule has 0 heterocycles. The molecule has 0 fully saturated rings. The number of hydrogen-bond donors (Lipinski definition) is 2. The first-order valence-corrected chi connectivity index (χ1v) is 10.3. The van der Waals surface area contributed by atoms with Crippen molar-refractivity contribution in [3.63, 3.8) is 0 Å². The number of ether oxygens (including phenoxy) is 1. The van der Waals surface area contributed by atoms with Crippen LogP contribution in [-0.4, -0.2) is 18.7 Å². The van der Waals surface area contributed by atoms with Gasteiger partial charge in [0.25, 0.3) is 5.91 Å². The number of rotatable bonds is 8. The molecular weight excluding hydrogens is 477 g/mol. The Morgan fingerprint density at radius 1 is 1.00 bits per heavy atom. The summed E-state index contributed by atoms with van der Waals surface area (Å²) in [5.74, 6) is 0.575. The van der Waals surface area contributed by atoms with Gasteiger partial charge in [0.2, 0.25) is 0 Å². The van der Waals surface area contributed by atoms with E-state index in [2.05, 4.69) is 69.6 Å². The van der Waals surface area contributed by atoms with Gasteiger partial charge in [-0.3, -0.25) is 4.79 Å². The van der Waals surface area contributed by atoms with E-state index in [4.69, 9.17) is 4.74 Å². The molecule has 0 aliphatic rings. The van der Waals surface area contributed by atoms with Crippen LogP contribution >= 0.6 is 22.6 Å². The smallest absolute Gasteiger partial charge is 0.259 e. The minimum absolute atomic E-state index is 0.156. The molecule has 148 valence electrons. The quantitative estimate of drug-likeness (QED) is 0.268. The third-order valence-corrected chi connectivity index (χ3v) is 4.83. The van der Waals surface area contributed by atoms with Crippen molar-refractivity contribution in [2.75, 3.05) is 11.9 Å². The number of hydrogen-bond acceptors (Lipinski definition) is 4. The van der Waals surface area contributed by atoms with E-state index in [0.717, 1.165) is 26.1 Å². The van der Waals surface area contributed by atoms with Crippen LogP contribution in [0, 0.1) is 10.5 Å². The molecule has 2 N–H and O–H groups in total. The summed E-state index contributed by atoms with van der Waals surface area (Å²) in [7, 11) is 0. The fourth-order valence-electron chi connectivity index (χ4n) is 2.47. The van der Waals surface area contributed by atoms with Gasteiger partial charge in [0.15, 0.2) is 0 Å². The van der Waals surface area contributed by atoms with Gasteiger partial charge in [-0.2, -0.15) is 5.10 Å².